The zero-order chi connectivity index (χ0) is 6.55. The average Bonchev–Trinajstić information content (AvgIpc) is 2.60. The van der Waals surface area contributed by atoms with E-state index in [1.165, 1.54) is 19.4 Å². The highest BCUT2D eigenvalue weighted by Gasteiger charge is 2.45. The Morgan fingerprint density at radius 2 is 1.90 bits per heavy atom. The van der Waals surface area contributed by atoms with Gasteiger partial charge in [-0.25, -0.2) is 0 Å². The zero-order valence-corrected chi connectivity index (χ0v) is 6.34. The second kappa shape index (κ2) is 1.76. The molecule has 0 aromatic carbocycles. The summed E-state index contributed by atoms with van der Waals surface area (Å²) in [5.41, 5.74) is 0. The van der Waals surface area contributed by atoms with Gasteiger partial charge in [0.1, 0.15) is 0 Å². The third-order valence-electron chi connectivity index (χ3n) is 3.65. The van der Waals surface area contributed by atoms with Gasteiger partial charge in [0, 0.05) is 6.04 Å². The van der Waals surface area contributed by atoms with E-state index >= 15 is 0 Å². The zero-order valence-electron chi connectivity index (χ0n) is 6.34. The maximum absolute atomic E-state index is 3.57. The van der Waals surface area contributed by atoms with Crippen LogP contribution < -0.4 is 5.32 Å². The van der Waals surface area contributed by atoms with Crippen LogP contribution in [0.5, 0.6) is 0 Å². The molecule has 0 amide bonds. The van der Waals surface area contributed by atoms with Crippen molar-refractivity contribution >= 4 is 0 Å². The topological polar surface area (TPSA) is 12.0 Å². The summed E-state index contributed by atoms with van der Waals surface area (Å²) in [6, 6.07) is 0.926. The van der Waals surface area contributed by atoms with Crippen LogP contribution in [0.2, 0.25) is 0 Å². The Labute approximate surface area is 62.2 Å². The van der Waals surface area contributed by atoms with Crippen LogP contribution in [0.15, 0.2) is 0 Å². The molecule has 2 aliphatic carbocycles. The third kappa shape index (κ3) is 0.672. The summed E-state index contributed by atoms with van der Waals surface area (Å²) >= 11 is 0. The lowest BCUT2D eigenvalue weighted by molar-refractivity contribution is 0.313. The van der Waals surface area contributed by atoms with Crippen LogP contribution in [0.1, 0.15) is 25.7 Å². The first-order valence-electron chi connectivity index (χ1n) is 4.67. The lowest BCUT2D eigenvalue weighted by atomic mass is 9.91. The standard InChI is InChI=1S/C9H15N/c1-2-6(1)9-4-8-3-7(9)5-10-8/h6-10H,1-5H2. The summed E-state index contributed by atoms with van der Waals surface area (Å²) in [7, 11) is 0. The fraction of sp³-hybridized carbons (Fsp3) is 1.00. The minimum Gasteiger partial charge on any atom is -0.314 e. The molecule has 1 aliphatic heterocycles. The number of hydrogen-bond donors (Lipinski definition) is 1. The van der Waals surface area contributed by atoms with E-state index in [-0.39, 0.29) is 0 Å². The highest BCUT2D eigenvalue weighted by molar-refractivity contribution is 5.00. The van der Waals surface area contributed by atoms with E-state index in [0.717, 1.165) is 23.8 Å². The van der Waals surface area contributed by atoms with Crippen molar-refractivity contribution < 1.29 is 0 Å². The second-order valence-corrected chi connectivity index (χ2v) is 4.34. The molecule has 0 radical (unpaired) electrons. The molecule has 1 heteroatoms. The van der Waals surface area contributed by atoms with Crippen molar-refractivity contribution in [3.63, 3.8) is 0 Å². The van der Waals surface area contributed by atoms with Crippen LogP contribution in [0.4, 0.5) is 0 Å². The summed E-state index contributed by atoms with van der Waals surface area (Å²) in [4.78, 5) is 0. The molecule has 2 saturated carbocycles. The van der Waals surface area contributed by atoms with Crippen molar-refractivity contribution in [3.8, 4) is 0 Å². The van der Waals surface area contributed by atoms with E-state index in [4.69, 9.17) is 0 Å². The van der Waals surface area contributed by atoms with E-state index < -0.39 is 0 Å². The summed E-state index contributed by atoms with van der Waals surface area (Å²) in [6.45, 7) is 1.34. The molecule has 2 bridgehead atoms. The minimum absolute atomic E-state index is 0.926. The van der Waals surface area contributed by atoms with Crippen molar-refractivity contribution in [3.05, 3.63) is 0 Å². The molecule has 3 fully saturated rings. The number of nitrogens with one attached hydrogen (secondary N) is 1. The Kier molecular flexibility index (Phi) is 0.984. The Morgan fingerprint density at radius 1 is 1.00 bits per heavy atom. The highest BCUT2D eigenvalue weighted by Crippen LogP contribution is 2.49. The smallest absolute Gasteiger partial charge is 0.00732 e. The summed E-state index contributed by atoms with van der Waals surface area (Å²) in [6.07, 6.45) is 6.11. The summed E-state index contributed by atoms with van der Waals surface area (Å²) in [5, 5.41) is 3.57. The Morgan fingerprint density at radius 3 is 2.40 bits per heavy atom. The normalized spacial score (nSPS) is 52.2. The molecule has 3 rings (SSSR count). The summed E-state index contributed by atoms with van der Waals surface area (Å²) in [5.74, 6) is 3.39. The molecule has 1 nitrogen and oxygen atoms in total. The van der Waals surface area contributed by atoms with Gasteiger partial charge in [0.25, 0.3) is 0 Å². The molecular formula is C9H15N. The van der Waals surface area contributed by atoms with E-state index in [1.54, 1.807) is 12.8 Å². The van der Waals surface area contributed by atoms with Gasteiger partial charge in [-0.05, 0) is 50.0 Å². The van der Waals surface area contributed by atoms with Gasteiger partial charge >= 0.3 is 0 Å². The summed E-state index contributed by atoms with van der Waals surface area (Å²) < 4.78 is 0. The Hall–Kier alpha value is -0.0400. The van der Waals surface area contributed by atoms with Crippen molar-refractivity contribution in [1.29, 1.82) is 0 Å². The van der Waals surface area contributed by atoms with Gasteiger partial charge in [0.05, 0.1) is 0 Å². The lowest BCUT2D eigenvalue weighted by Gasteiger charge is -2.21. The molecule has 0 aromatic rings. The molecule has 56 valence electrons. The van der Waals surface area contributed by atoms with Gasteiger partial charge in [0.15, 0.2) is 0 Å². The molecular weight excluding hydrogens is 122 g/mol. The van der Waals surface area contributed by atoms with Gasteiger partial charge in [-0.1, -0.05) is 0 Å². The highest BCUT2D eigenvalue weighted by atomic mass is 15.0. The van der Waals surface area contributed by atoms with Crippen molar-refractivity contribution in [1.82, 2.24) is 5.32 Å². The van der Waals surface area contributed by atoms with Crippen LogP contribution in [-0.4, -0.2) is 12.6 Å². The maximum Gasteiger partial charge on any atom is 0.00732 e. The van der Waals surface area contributed by atoms with Crippen LogP contribution in [-0.2, 0) is 0 Å². The molecule has 0 spiro atoms. The van der Waals surface area contributed by atoms with E-state index in [1.807, 2.05) is 0 Å². The van der Waals surface area contributed by atoms with Crippen molar-refractivity contribution in [2.24, 2.45) is 17.8 Å². The van der Waals surface area contributed by atoms with Crippen LogP contribution >= 0.6 is 0 Å². The molecule has 3 aliphatic rings. The van der Waals surface area contributed by atoms with E-state index in [9.17, 15) is 0 Å². The molecule has 1 heterocycles. The molecule has 3 unspecified atom stereocenters. The maximum atomic E-state index is 3.57. The number of hydrogen-bond acceptors (Lipinski definition) is 1. The molecule has 10 heavy (non-hydrogen) atoms. The third-order valence-corrected chi connectivity index (χ3v) is 3.65. The Balaban J connectivity index is 1.77. The molecule has 1 saturated heterocycles. The first-order chi connectivity index (χ1) is 4.93. The van der Waals surface area contributed by atoms with E-state index in [2.05, 4.69) is 5.32 Å². The van der Waals surface area contributed by atoms with Crippen LogP contribution in [0, 0.1) is 17.8 Å². The van der Waals surface area contributed by atoms with Crippen molar-refractivity contribution in [2.45, 2.75) is 31.7 Å². The monoisotopic (exact) mass is 137 g/mol. The first-order valence-corrected chi connectivity index (χ1v) is 4.67. The second-order valence-electron chi connectivity index (χ2n) is 4.34. The lowest BCUT2D eigenvalue weighted by Crippen LogP contribution is -2.30. The fourth-order valence-corrected chi connectivity index (χ4v) is 2.98. The van der Waals surface area contributed by atoms with Crippen LogP contribution in [0.3, 0.4) is 0 Å². The van der Waals surface area contributed by atoms with Gasteiger partial charge in [-0.3, -0.25) is 0 Å². The number of fused-ring (bicyclic) bond motifs is 2. The van der Waals surface area contributed by atoms with Gasteiger partial charge < -0.3 is 5.32 Å². The van der Waals surface area contributed by atoms with Crippen LogP contribution in [0.25, 0.3) is 0 Å². The minimum atomic E-state index is 0.926. The van der Waals surface area contributed by atoms with Gasteiger partial charge in [0.2, 0.25) is 0 Å². The van der Waals surface area contributed by atoms with E-state index in [0.29, 0.717) is 0 Å². The SMILES string of the molecule is C1CC1C1CC2CC1CN2. The van der Waals surface area contributed by atoms with Gasteiger partial charge in [-0.2, -0.15) is 0 Å². The predicted molar refractivity (Wildman–Crippen MR) is 40.7 cm³/mol. The number of piperidine rings is 1. The van der Waals surface area contributed by atoms with Crippen molar-refractivity contribution in [2.75, 3.05) is 6.54 Å². The largest absolute Gasteiger partial charge is 0.314 e. The Bertz CT molecular complexity index is 151. The molecule has 1 N–H and O–H groups in total. The van der Waals surface area contributed by atoms with Gasteiger partial charge in [-0.15, -0.1) is 0 Å². The predicted octanol–water partition coefficient (Wildman–Crippen LogP) is 1.39. The quantitative estimate of drug-likeness (QED) is 0.576. The number of rotatable bonds is 1. The average molecular weight is 137 g/mol. The molecule has 3 atom stereocenters. The first kappa shape index (κ1) is 5.59. The molecule has 0 aromatic heterocycles. The fourth-order valence-electron chi connectivity index (χ4n) is 2.98.